The van der Waals surface area contributed by atoms with E-state index in [1.807, 2.05) is 36.4 Å². The molecule has 8 nitrogen and oxygen atoms in total. The Kier molecular flexibility index (Phi) is 6.11. The normalized spacial score (nSPS) is 13.4. The first-order valence-corrected chi connectivity index (χ1v) is 8.73. The van der Waals surface area contributed by atoms with E-state index < -0.39 is 11.9 Å². The van der Waals surface area contributed by atoms with Crippen LogP contribution in [0.1, 0.15) is 23.8 Å². The van der Waals surface area contributed by atoms with Gasteiger partial charge in [0.2, 0.25) is 0 Å². The highest BCUT2D eigenvalue weighted by atomic mass is 16.5. The van der Waals surface area contributed by atoms with Crippen LogP contribution in [0.2, 0.25) is 0 Å². The average molecular weight is 383 g/mol. The fourth-order valence-electron chi connectivity index (χ4n) is 2.75. The Balaban J connectivity index is 1.95. The van der Waals surface area contributed by atoms with Gasteiger partial charge >= 0.3 is 5.97 Å². The van der Waals surface area contributed by atoms with Crippen molar-refractivity contribution in [3.63, 3.8) is 0 Å². The van der Waals surface area contributed by atoms with Gasteiger partial charge in [-0.15, -0.1) is 0 Å². The molecule has 0 saturated heterocycles. The lowest BCUT2D eigenvalue weighted by Crippen LogP contribution is -2.38. The summed E-state index contributed by atoms with van der Waals surface area (Å²) in [5.41, 5.74) is 1.95. The van der Waals surface area contributed by atoms with E-state index in [0.29, 0.717) is 12.3 Å². The number of methoxy groups -OCH3 is 1. The molecule has 1 amide bonds. The highest BCUT2D eigenvalue weighted by molar-refractivity contribution is 6.01. The van der Waals surface area contributed by atoms with Gasteiger partial charge in [0.1, 0.15) is 13.2 Å². The van der Waals surface area contributed by atoms with E-state index in [9.17, 15) is 9.59 Å². The zero-order valence-electron chi connectivity index (χ0n) is 15.7. The largest absolute Gasteiger partial charge is 0.483 e. The SMILES string of the molecule is C/C=N\N1Cc2ccoc2C(OCc2ccccc2)=C1C(=O)NCC(=O)OC. The molecule has 3 rings (SSSR count). The number of carbonyl (C=O) groups is 2. The van der Waals surface area contributed by atoms with Crippen LogP contribution >= 0.6 is 0 Å². The molecule has 8 heteroatoms. The zero-order chi connectivity index (χ0) is 19.9. The molecule has 0 spiro atoms. The van der Waals surface area contributed by atoms with Crippen molar-refractivity contribution in [2.75, 3.05) is 13.7 Å². The third-order valence-corrected chi connectivity index (χ3v) is 4.06. The Morgan fingerprint density at radius 3 is 2.79 bits per heavy atom. The first-order valence-electron chi connectivity index (χ1n) is 8.73. The molecular formula is C20H21N3O5. The molecule has 146 valence electrons. The van der Waals surface area contributed by atoms with Crippen LogP contribution in [-0.2, 0) is 32.2 Å². The predicted octanol–water partition coefficient (Wildman–Crippen LogP) is 2.28. The maximum atomic E-state index is 12.8. The highest BCUT2D eigenvalue weighted by Crippen LogP contribution is 2.34. The van der Waals surface area contributed by atoms with Crippen LogP contribution in [0.25, 0.3) is 5.76 Å². The lowest BCUT2D eigenvalue weighted by molar-refractivity contribution is -0.140. The van der Waals surface area contributed by atoms with E-state index >= 15 is 0 Å². The number of hydrogen-bond donors (Lipinski definition) is 1. The number of rotatable bonds is 7. The molecule has 2 heterocycles. The number of hydrazone groups is 1. The molecule has 1 aromatic heterocycles. The Morgan fingerprint density at radius 1 is 1.29 bits per heavy atom. The Morgan fingerprint density at radius 2 is 2.07 bits per heavy atom. The molecule has 1 aliphatic heterocycles. The Hall–Kier alpha value is -3.55. The van der Waals surface area contributed by atoms with Crippen LogP contribution in [0.15, 0.2) is 57.9 Å². The van der Waals surface area contributed by atoms with Gasteiger partial charge in [0, 0.05) is 11.8 Å². The molecule has 0 aliphatic carbocycles. The summed E-state index contributed by atoms with van der Waals surface area (Å²) in [6, 6.07) is 11.4. The van der Waals surface area contributed by atoms with E-state index in [2.05, 4.69) is 15.2 Å². The molecule has 0 bridgehead atoms. The second kappa shape index (κ2) is 8.90. The summed E-state index contributed by atoms with van der Waals surface area (Å²) < 4.78 is 16.1. The van der Waals surface area contributed by atoms with Crippen molar-refractivity contribution in [2.45, 2.75) is 20.1 Å². The van der Waals surface area contributed by atoms with E-state index in [0.717, 1.165) is 11.1 Å². The van der Waals surface area contributed by atoms with Crippen molar-refractivity contribution in [2.24, 2.45) is 5.10 Å². The third kappa shape index (κ3) is 4.22. The summed E-state index contributed by atoms with van der Waals surface area (Å²) in [6.07, 6.45) is 3.12. The summed E-state index contributed by atoms with van der Waals surface area (Å²) in [7, 11) is 1.26. The van der Waals surface area contributed by atoms with Gasteiger partial charge in [-0.05, 0) is 18.6 Å². The van der Waals surface area contributed by atoms with Gasteiger partial charge in [-0.2, -0.15) is 5.10 Å². The number of hydrogen-bond acceptors (Lipinski definition) is 7. The summed E-state index contributed by atoms with van der Waals surface area (Å²) >= 11 is 0. The van der Waals surface area contributed by atoms with E-state index in [1.54, 1.807) is 19.4 Å². The number of carbonyl (C=O) groups excluding carboxylic acids is 2. The molecule has 0 radical (unpaired) electrons. The van der Waals surface area contributed by atoms with Gasteiger partial charge in [0.05, 0.1) is 19.9 Å². The summed E-state index contributed by atoms with van der Waals surface area (Å²) in [5.74, 6) is -0.327. The van der Waals surface area contributed by atoms with Crippen LogP contribution in [0, 0.1) is 0 Å². The Labute approximate surface area is 162 Å². The third-order valence-electron chi connectivity index (χ3n) is 4.06. The minimum absolute atomic E-state index is 0.167. The molecule has 0 unspecified atom stereocenters. The van der Waals surface area contributed by atoms with E-state index in [4.69, 9.17) is 9.15 Å². The Bertz CT molecular complexity index is 902. The number of ether oxygens (including phenoxy) is 2. The molecule has 1 aromatic carbocycles. The lowest BCUT2D eigenvalue weighted by atomic mass is 10.1. The minimum Gasteiger partial charge on any atom is -0.483 e. The summed E-state index contributed by atoms with van der Waals surface area (Å²) in [4.78, 5) is 24.3. The zero-order valence-corrected chi connectivity index (χ0v) is 15.7. The smallest absolute Gasteiger partial charge is 0.325 e. The first-order chi connectivity index (χ1) is 13.6. The van der Waals surface area contributed by atoms with E-state index in [1.165, 1.54) is 12.1 Å². The van der Waals surface area contributed by atoms with Crippen molar-refractivity contribution in [3.8, 4) is 0 Å². The number of amides is 1. The fourth-order valence-corrected chi connectivity index (χ4v) is 2.75. The van der Waals surface area contributed by atoms with Crippen LogP contribution < -0.4 is 5.32 Å². The number of fused-ring (bicyclic) bond motifs is 1. The fraction of sp³-hybridized carbons (Fsp3) is 0.250. The standard InChI is InChI=1S/C20H21N3O5/c1-3-22-23-12-15-9-10-27-18(15)19(28-13-14-7-5-4-6-8-14)17(23)20(25)21-11-16(24)26-2/h3-10H,11-13H2,1-2H3,(H,21,25)/b22-3-. The second-order valence-electron chi connectivity index (χ2n) is 5.92. The first kappa shape index (κ1) is 19.2. The van der Waals surface area contributed by atoms with Crippen LogP contribution in [-0.4, -0.2) is 36.8 Å². The molecule has 28 heavy (non-hydrogen) atoms. The second-order valence-corrected chi connectivity index (χ2v) is 5.92. The van der Waals surface area contributed by atoms with Crippen molar-refractivity contribution in [1.29, 1.82) is 0 Å². The van der Waals surface area contributed by atoms with Gasteiger partial charge in [0.15, 0.2) is 17.2 Å². The van der Waals surface area contributed by atoms with Gasteiger partial charge in [-0.1, -0.05) is 30.3 Å². The molecule has 0 atom stereocenters. The number of nitrogens with zero attached hydrogens (tertiary/aromatic N) is 2. The molecule has 0 saturated carbocycles. The minimum atomic E-state index is -0.555. The quantitative estimate of drug-likeness (QED) is 0.582. The van der Waals surface area contributed by atoms with Crippen LogP contribution in [0.3, 0.4) is 0 Å². The van der Waals surface area contributed by atoms with E-state index in [-0.39, 0.29) is 24.6 Å². The number of esters is 1. The molecule has 1 N–H and O–H groups in total. The van der Waals surface area contributed by atoms with Crippen molar-refractivity contribution in [3.05, 3.63) is 65.2 Å². The van der Waals surface area contributed by atoms with Crippen LogP contribution in [0.4, 0.5) is 0 Å². The topological polar surface area (TPSA) is 93.4 Å². The molecular weight excluding hydrogens is 362 g/mol. The summed E-state index contributed by atoms with van der Waals surface area (Å²) in [5, 5.41) is 8.32. The number of furan rings is 1. The van der Waals surface area contributed by atoms with Gasteiger partial charge in [-0.3, -0.25) is 14.6 Å². The molecule has 0 fully saturated rings. The lowest BCUT2D eigenvalue weighted by Gasteiger charge is -2.28. The van der Waals surface area contributed by atoms with Crippen molar-refractivity contribution >= 4 is 23.9 Å². The van der Waals surface area contributed by atoms with Gasteiger partial charge < -0.3 is 19.2 Å². The maximum absolute atomic E-state index is 12.8. The molecule has 1 aliphatic rings. The summed E-state index contributed by atoms with van der Waals surface area (Å²) in [6.45, 7) is 2.07. The predicted molar refractivity (Wildman–Crippen MR) is 102 cm³/mol. The van der Waals surface area contributed by atoms with Gasteiger partial charge in [0.25, 0.3) is 5.91 Å². The number of benzene rings is 1. The van der Waals surface area contributed by atoms with Crippen LogP contribution in [0.5, 0.6) is 0 Å². The van der Waals surface area contributed by atoms with Crippen molar-refractivity contribution in [1.82, 2.24) is 10.3 Å². The molecule has 2 aromatic rings. The number of nitrogens with one attached hydrogen (secondary N) is 1. The van der Waals surface area contributed by atoms with Gasteiger partial charge in [-0.25, -0.2) is 0 Å². The average Bonchev–Trinajstić information content (AvgIpc) is 3.19. The monoisotopic (exact) mass is 383 g/mol. The van der Waals surface area contributed by atoms with Crippen molar-refractivity contribution < 1.29 is 23.5 Å². The highest BCUT2D eigenvalue weighted by Gasteiger charge is 2.33. The maximum Gasteiger partial charge on any atom is 0.325 e.